The molecule has 19 nitrogen and oxygen atoms in total. The fourth-order valence-corrected chi connectivity index (χ4v) is 7.77. The van der Waals surface area contributed by atoms with E-state index < -0.39 is 63.0 Å². The number of phenols is 1. The highest BCUT2D eigenvalue weighted by molar-refractivity contribution is 7.72. The van der Waals surface area contributed by atoms with Crippen LogP contribution in [-0.2, 0) is 18.7 Å². The Bertz CT molecular complexity index is 2170. The number of carbonyl (C=O) groups excluding carboxylic acids is 3. The average molecular weight is 793 g/mol. The van der Waals surface area contributed by atoms with E-state index in [0.717, 1.165) is 0 Å². The molecule has 1 atom stereocenters. The Kier molecular flexibility index (Phi) is 13.2. The summed E-state index contributed by atoms with van der Waals surface area (Å²) in [6, 6.07) is 10.9. The predicted octanol–water partition coefficient (Wildman–Crippen LogP) is 1.21. The molecule has 0 spiro atoms. The number of carboxylic acid groups (broad SMARTS) is 1. The summed E-state index contributed by atoms with van der Waals surface area (Å²) in [6.07, 6.45) is -0.899. The van der Waals surface area contributed by atoms with E-state index in [1.54, 1.807) is 0 Å². The summed E-state index contributed by atoms with van der Waals surface area (Å²) in [4.78, 5) is 100. The van der Waals surface area contributed by atoms with Crippen molar-refractivity contribution in [2.75, 3.05) is 19.6 Å². The molecular weight excluding hydrogens is 754 g/mol. The fraction of sp³-hybridized carbons (Fsp3) is 0.303. The summed E-state index contributed by atoms with van der Waals surface area (Å²) in [5.41, 5.74) is 5.95. The van der Waals surface area contributed by atoms with Gasteiger partial charge in [-0.25, -0.2) is 4.79 Å². The summed E-state index contributed by atoms with van der Waals surface area (Å²) in [6.45, 7) is -0.770. The molecule has 21 heteroatoms. The van der Waals surface area contributed by atoms with Gasteiger partial charge in [0.25, 0.3) is 11.0 Å². The lowest BCUT2D eigenvalue weighted by Crippen LogP contribution is -2.48. The smallest absolute Gasteiger partial charge is 0.369 e. The number of carboxylic acids is 1. The molecule has 4 rings (SSSR count). The van der Waals surface area contributed by atoms with E-state index in [1.165, 1.54) is 54.6 Å². The lowest BCUT2D eigenvalue weighted by Gasteiger charge is -2.29. The standard InChI is InChI=1S/C33H38N4O15P2/c34-12-10-28(40)37-25(31(42)36-14-11-33(45,53(46,47)48)54(49,50)51)3-1-2-13-35-30(41)18-4-7-21(32(43)44)24(15-18)29-22-8-5-19(38)16-26(22)52-27-17-20(39)6-9-23(27)29/h4-9,15-17,25,38,45H,1-3,10-14,34H2,(H,35,41)(H,36,42)(H,37,40)(H,43,44)(H2,46,47,48)(H2,49,50,51). The van der Waals surface area contributed by atoms with Gasteiger partial charge in [-0.3, -0.25) is 28.3 Å². The van der Waals surface area contributed by atoms with Crippen LogP contribution >= 0.6 is 15.2 Å². The lowest BCUT2D eigenvalue weighted by molar-refractivity contribution is -0.129. The predicted molar refractivity (Wildman–Crippen MR) is 192 cm³/mol. The van der Waals surface area contributed by atoms with Crippen LogP contribution in [0.2, 0.25) is 0 Å². The number of carbonyl (C=O) groups is 4. The van der Waals surface area contributed by atoms with Crippen LogP contribution in [-0.4, -0.2) is 89.3 Å². The largest absolute Gasteiger partial charge is 0.508 e. The molecule has 1 aliphatic carbocycles. The van der Waals surface area contributed by atoms with Crippen LogP contribution in [0.4, 0.5) is 0 Å². The zero-order chi connectivity index (χ0) is 40.0. The number of hydrogen-bond acceptors (Lipinski definition) is 11. The van der Waals surface area contributed by atoms with Gasteiger partial charge in [0.15, 0.2) is 5.43 Å². The molecule has 1 heterocycles. The van der Waals surface area contributed by atoms with Crippen molar-refractivity contribution in [2.45, 2.75) is 43.2 Å². The molecule has 12 N–H and O–H groups in total. The Hall–Kier alpha value is -4.97. The highest BCUT2D eigenvalue weighted by Crippen LogP contribution is 2.68. The molecule has 0 saturated heterocycles. The number of rotatable bonds is 17. The highest BCUT2D eigenvalue weighted by atomic mass is 31.2. The van der Waals surface area contributed by atoms with E-state index in [2.05, 4.69) is 16.0 Å². The van der Waals surface area contributed by atoms with E-state index in [4.69, 9.17) is 10.2 Å². The van der Waals surface area contributed by atoms with Crippen LogP contribution in [0.3, 0.4) is 0 Å². The Morgan fingerprint density at radius 2 is 1.57 bits per heavy atom. The topological polar surface area (TPSA) is 336 Å². The van der Waals surface area contributed by atoms with Gasteiger partial charge in [-0.15, -0.1) is 0 Å². The Morgan fingerprint density at radius 1 is 0.870 bits per heavy atom. The minimum Gasteiger partial charge on any atom is -0.508 e. The number of amides is 3. The monoisotopic (exact) mass is 792 g/mol. The Labute approximate surface area is 305 Å². The van der Waals surface area contributed by atoms with E-state index in [9.17, 15) is 68.0 Å². The summed E-state index contributed by atoms with van der Waals surface area (Å²) < 4.78 is 29.0. The van der Waals surface area contributed by atoms with Crippen LogP contribution in [0.15, 0.2) is 63.8 Å². The molecule has 0 fully saturated rings. The first-order valence-corrected chi connectivity index (χ1v) is 19.5. The SMILES string of the molecule is NCCC(=O)NC(CCCCNC(=O)c1ccc(C(=O)O)c(-c2c3ccc(=O)cc-3oc3cc(O)ccc23)c1)C(=O)NCCC(O)(P(=O)(O)O)P(=O)(O)O. The number of aromatic carboxylic acids is 1. The molecule has 54 heavy (non-hydrogen) atoms. The van der Waals surface area contributed by atoms with Gasteiger partial charge < -0.3 is 61.0 Å². The summed E-state index contributed by atoms with van der Waals surface area (Å²) in [5, 5.41) is 34.2. The van der Waals surface area contributed by atoms with Crippen LogP contribution in [0.25, 0.3) is 33.4 Å². The number of phenolic OH excluding ortho intramolecular Hbond substituents is 1. The lowest BCUT2D eigenvalue weighted by atomic mass is 9.89. The van der Waals surface area contributed by atoms with Crippen LogP contribution in [0.1, 0.15) is 52.8 Å². The van der Waals surface area contributed by atoms with Gasteiger partial charge >= 0.3 is 21.2 Å². The van der Waals surface area contributed by atoms with Gasteiger partial charge in [0, 0.05) is 66.7 Å². The molecule has 0 aromatic heterocycles. The van der Waals surface area contributed by atoms with Crippen LogP contribution in [0, 0.1) is 0 Å². The molecule has 0 radical (unpaired) electrons. The second-order valence-electron chi connectivity index (χ2n) is 12.2. The average Bonchev–Trinajstić information content (AvgIpc) is 3.08. The number of unbranched alkanes of at least 4 members (excludes halogenated alkanes) is 1. The van der Waals surface area contributed by atoms with Gasteiger partial charge in [0.2, 0.25) is 11.8 Å². The van der Waals surface area contributed by atoms with E-state index >= 15 is 0 Å². The maximum atomic E-state index is 13.3. The van der Waals surface area contributed by atoms with Crippen molar-refractivity contribution in [1.29, 1.82) is 0 Å². The van der Waals surface area contributed by atoms with Crippen molar-refractivity contribution in [3.8, 4) is 28.2 Å². The first kappa shape index (κ1) is 41.8. The van der Waals surface area contributed by atoms with E-state index in [-0.39, 0.29) is 78.0 Å². The molecular formula is C33H38N4O15P2. The molecule has 2 aliphatic rings. The number of aromatic hydroxyl groups is 1. The minimum atomic E-state index is -5.75. The number of hydrogen-bond donors (Lipinski definition) is 11. The number of nitrogens with two attached hydrogens (primary N) is 1. The van der Waals surface area contributed by atoms with Gasteiger partial charge in [-0.1, -0.05) is 0 Å². The molecule has 0 saturated carbocycles. The Balaban J connectivity index is 1.47. The first-order valence-electron chi connectivity index (χ1n) is 16.2. The van der Waals surface area contributed by atoms with Crippen LogP contribution in [0.5, 0.6) is 5.75 Å². The third kappa shape index (κ3) is 9.57. The molecule has 0 bridgehead atoms. The van der Waals surface area contributed by atoms with Crippen LogP contribution < -0.4 is 27.1 Å². The normalized spacial score (nSPS) is 12.7. The molecule has 290 valence electrons. The third-order valence-electron chi connectivity index (χ3n) is 8.38. The second-order valence-corrected chi connectivity index (χ2v) is 16.2. The summed E-state index contributed by atoms with van der Waals surface area (Å²) in [5.74, 6) is -3.39. The highest BCUT2D eigenvalue weighted by Gasteiger charge is 2.58. The number of nitrogens with one attached hydrogen (secondary N) is 3. The van der Waals surface area contributed by atoms with E-state index in [0.29, 0.717) is 16.5 Å². The molecule has 2 aromatic rings. The summed E-state index contributed by atoms with van der Waals surface area (Å²) >= 11 is 0. The van der Waals surface area contributed by atoms with Gasteiger partial charge in [-0.05, 0) is 67.3 Å². The van der Waals surface area contributed by atoms with Gasteiger partial charge in [0.05, 0.1) is 5.56 Å². The summed E-state index contributed by atoms with van der Waals surface area (Å²) in [7, 11) is -11.5. The van der Waals surface area contributed by atoms with Crippen molar-refractivity contribution in [3.63, 3.8) is 0 Å². The molecule has 1 aliphatic heterocycles. The molecule has 1 unspecified atom stereocenters. The number of fused-ring (bicyclic) bond motifs is 2. The zero-order valence-electron chi connectivity index (χ0n) is 28.3. The first-order chi connectivity index (χ1) is 25.3. The zero-order valence-corrected chi connectivity index (χ0v) is 30.1. The number of benzene rings is 3. The fourth-order valence-electron chi connectivity index (χ4n) is 5.61. The van der Waals surface area contributed by atoms with Crippen molar-refractivity contribution in [3.05, 3.63) is 75.9 Å². The van der Waals surface area contributed by atoms with Crippen molar-refractivity contribution in [2.24, 2.45) is 5.73 Å². The minimum absolute atomic E-state index is 0.0173. The maximum Gasteiger partial charge on any atom is 0.369 e. The molecule has 2 aromatic carbocycles. The van der Waals surface area contributed by atoms with Gasteiger partial charge in [0.1, 0.15) is 23.1 Å². The molecule has 3 amide bonds. The van der Waals surface area contributed by atoms with E-state index in [1.807, 2.05) is 0 Å². The number of aliphatic hydroxyl groups is 1. The van der Waals surface area contributed by atoms with Crippen molar-refractivity contribution >= 4 is 49.9 Å². The van der Waals surface area contributed by atoms with Crippen molar-refractivity contribution in [1.82, 2.24) is 16.0 Å². The third-order valence-corrected chi connectivity index (χ3v) is 12.3. The maximum absolute atomic E-state index is 13.3. The van der Waals surface area contributed by atoms with Gasteiger partial charge in [-0.2, -0.15) is 0 Å². The van der Waals surface area contributed by atoms with Crippen molar-refractivity contribution < 1.29 is 67.6 Å². The Morgan fingerprint density at radius 3 is 2.22 bits per heavy atom. The second kappa shape index (κ2) is 17.0. The quantitative estimate of drug-likeness (QED) is 0.0407.